The summed E-state index contributed by atoms with van der Waals surface area (Å²) in [7, 11) is 0. The third-order valence-corrected chi connectivity index (χ3v) is 4.81. The van der Waals surface area contributed by atoms with Crippen LogP contribution in [0.5, 0.6) is 0 Å². The smallest absolute Gasteiger partial charge is 0.251 e. The van der Waals surface area contributed by atoms with Gasteiger partial charge in [-0.25, -0.2) is 4.98 Å². The lowest BCUT2D eigenvalue weighted by atomic mass is 10.00. The Hall–Kier alpha value is -3.41. The predicted molar refractivity (Wildman–Crippen MR) is 103 cm³/mol. The van der Waals surface area contributed by atoms with E-state index in [1.165, 1.54) is 0 Å². The van der Waals surface area contributed by atoms with Crippen LogP contribution in [-0.4, -0.2) is 21.4 Å². The van der Waals surface area contributed by atoms with Crippen LogP contribution in [-0.2, 0) is 11.2 Å². The normalized spacial score (nSPS) is 14.2. The van der Waals surface area contributed by atoms with Gasteiger partial charge in [-0.15, -0.1) is 0 Å². The molecule has 0 bridgehead atoms. The Morgan fingerprint density at radius 2 is 2.00 bits per heavy atom. The highest BCUT2D eigenvalue weighted by molar-refractivity contribution is 5.98. The molecule has 2 amide bonds. The number of anilines is 1. The Morgan fingerprint density at radius 1 is 1.19 bits per heavy atom. The molecule has 0 fully saturated rings. The standard InChI is InChI=1S/C21H20N4O2/c1-14(15-2-6-18(7-3-15)25-11-10-22-13-25)23-21(27)17-4-8-19-16(12-17)5-9-20(26)24-19/h2-4,6-8,10-14H,5,9H2,1H3,(H,23,27)(H,24,26). The Balaban J connectivity index is 1.45. The summed E-state index contributed by atoms with van der Waals surface area (Å²) in [6.45, 7) is 1.96. The van der Waals surface area contributed by atoms with E-state index in [1.807, 2.05) is 48.0 Å². The Labute approximate surface area is 157 Å². The van der Waals surface area contributed by atoms with Gasteiger partial charge >= 0.3 is 0 Å². The summed E-state index contributed by atoms with van der Waals surface area (Å²) < 4.78 is 1.93. The zero-order chi connectivity index (χ0) is 18.8. The minimum atomic E-state index is -0.124. The number of hydrogen-bond acceptors (Lipinski definition) is 3. The van der Waals surface area contributed by atoms with Gasteiger partial charge in [0, 0.05) is 35.8 Å². The van der Waals surface area contributed by atoms with Crippen molar-refractivity contribution in [3.05, 3.63) is 77.9 Å². The van der Waals surface area contributed by atoms with E-state index in [2.05, 4.69) is 15.6 Å². The van der Waals surface area contributed by atoms with Gasteiger partial charge in [-0.2, -0.15) is 0 Å². The number of aromatic nitrogens is 2. The lowest BCUT2D eigenvalue weighted by molar-refractivity contribution is -0.116. The number of benzene rings is 2. The van der Waals surface area contributed by atoms with Crippen LogP contribution in [0, 0.1) is 0 Å². The molecule has 0 radical (unpaired) electrons. The number of amides is 2. The van der Waals surface area contributed by atoms with Gasteiger partial charge in [-0.05, 0) is 54.8 Å². The maximum atomic E-state index is 12.6. The monoisotopic (exact) mass is 360 g/mol. The minimum Gasteiger partial charge on any atom is -0.346 e. The first kappa shape index (κ1) is 17.0. The van der Waals surface area contributed by atoms with Gasteiger partial charge in [-0.3, -0.25) is 9.59 Å². The van der Waals surface area contributed by atoms with Gasteiger partial charge in [0.05, 0.1) is 12.4 Å². The summed E-state index contributed by atoms with van der Waals surface area (Å²) in [5.74, 6) is -0.103. The average molecular weight is 360 g/mol. The third-order valence-electron chi connectivity index (χ3n) is 4.81. The van der Waals surface area contributed by atoms with Crippen LogP contribution in [0.25, 0.3) is 5.69 Å². The van der Waals surface area contributed by atoms with E-state index in [-0.39, 0.29) is 17.9 Å². The van der Waals surface area contributed by atoms with E-state index in [1.54, 1.807) is 24.7 Å². The molecule has 2 N–H and O–H groups in total. The van der Waals surface area contributed by atoms with E-state index < -0.39 is 0 Å². The van der Waals surface area contributed by atoms with Crippen molar-refractivity contribution in [3.63, 3.8) is 0 Å². The number of fused-ring (bicyclic) bond motifs is 1. The molecule has 2 heterocycles. The summed E-state index contributed by atoms with van der Waals surface area (Å²) in [5, 5.41) is 5.87. The quantitative estimate of drug-likeness (QED) is 0.750. The zero-order valence-corrected chi connectivity index (χ0v) is 15.0. The van der Waals surface area contributed by atoms with Crippen LogP contribution >= 0.6 is 0 Å². The zero-order valence-electron chi connectivity index (χ0n) is 15.0. The largest absolute Gasteiger partial charge is 0.346 e. The molecule has 1 aliphatic heterocycles. The second-order valence-electron chi connectivity index (χ2n) is 6.68. The number of carbonyl (C=O) groups excluding carboxylic acids is 2. The summed E-state index contributed by atoms with van der Waals surface area (Å²) in [5.41, 5.74) is 4.45. The molecule has 1 aromatic heterocycles. The molecule has 6 heteroatoms. The van der Waals surface area contributed by atoms with Crippen LogP contribution in [0.1, 0.15) is 40.9 Å². The molecule has 136 valence electrons. The topological polar surface area (TPSA) is 76.0 Å². The molecule has 0 spiro atoms. The van der Waals surface area contributed by atoms with E-state index in [0.29, 0.717) is 18.4 Å². The molecule has 4 rings (SSSR count). The van der Waals surface area contributed by atoms with Crippen LogP contribution in [0.15, 0.2) is 61.2 Å². The number of nitrogens with one attached hydrogen (secondary N) is 2. The van der Waals surface area contributed by atoms with Crippen molar-refractivity contribution in [3.8, 4) is 5.69 Å². The van der Waals surface area contributed by atoms with Gasteiger partial charge in [-0.1, -0.05) is 12.1 Å². The van der Waals surface area contributed by atoms with Crippen molar-refractivity contribution < 1.29 is 9.59 Å². The molecule has 6 nitrogen and oxygen atoms in total. The Bertz CT molecular complexity index is 978. The molecule has 0 saturated carbocycles. The molecule has 0 aliphatic carbocycles. The van der Waals surface area contributed by atoms with Crippen molar-refractivity contribution >= 4 is 17.5 Å². The number of carbonyl (C=O) groups is 2. The molecule has 1 unspecified atom stereocenters. The van der Waals surface area contributed by atoms with Gasteiger partial charge in [0.15, 0.2) is 0 Å². The maximum Gasteiger partial charge on any atom is 0.251 e. The first-order valence-electron chi connectivity index (χ1n) is 8.92. The van der Waals surface area contributed by atoms with Gasteiger partial charge in [0.1, 0.15) is 0 Å². The van der Waals surface area contributed by atoms with Crippen LogP contribution in [0.4, 0.5) is 5.69 Å². The second kappa shape index (κ2) is 7.07. The minimum absolute atomic E-state index is 0.0208. The van der Waals surface area contributed by atoms with Crippen molar-refractivity contribution in [2.24, 2.45) is 0 Å². The third kappa shape index (κ3) is 3.60. The summed E-state index contributed by atoms with van der Waals surface area (Å²) >= 11 is 0. The Kier molecular flexibility index (Phi) is 4.46. The molecule has 0 saturated heterocycles. The fourth-order valence-corrected chi connectivity index (χ4v) is 3.23. The van der Waals surface area contributed by atoms with Crippen molar-refractivity contribution in [1.82, 2.24) is 14.9 Å². The van der Waals surface area contributed by atoms with E-state index in [9.17, 15) is 9.59 Å². The highest BCUT2D eigenvalue weighted by Crippen LogP contribution is 2.24. The van der Waals surface area contributed by atoms with Gasteiger partial charge < -0.3 is 15.2 Å². The number of imidazole rings is 1. The first-order chi connectivity index (χ1) is 13.1. The molecule has 27 heavy (non-hydrogen) atoms. The molecule has 2 aromatic carbocycles. The number of hydrogen-bond donors (Lipinski definition) is 2. The van der Waals surface area contributed by atoms with Crippen LogP contribution in [0.3, 0.4) is 0 Å². The summed E-state index contributed by atoms with van der Waals surface area (Å²) in [6.07, 6.45) is 6.49. The van der Waals surface area contributed by atoms with E-state index >= 15 is 0 Å². The number of rotatable bonds is 4. The molecule has 1 aliphatic rings. The van der Waals surface area contributed by atoms with Gasteiger partial charge in [0.2, 0.25) is 5.91 Å². The van der Waals surface area contributed by atoms with Crippen molar-refractivity contribution in [1.29, 1.82) is 0 Å². The fourth-order valence-electron chi connectivity index (χ4n) is 3.23. The molecule has 3 aromatic rings. The summed E-state index contributed by atoms with van der Waals surface area (Å²) in [4.78, 5) is 28.1. The lowest BCUT2D eigenvalue weighted by Crippen LogP contribution is -2.27. The highest BCUT2D eigenvalue weighted by atomic mass is 16.2. The maximum absolute atomic E-state index is 12.6. The van der Waals surface area contributed by atoms with Gasteiger partial charge in [0.25, 0.3) is 5.91 Å². The second-order valence-corrected chi connectivity index (χ2v) is 6.68. The average Bonchev–Trinajstić information content (AvgIpc) is 3.22. The van der Waals surface area contributed by atoms with Crippen molar-refractivity contribution in [2.75, 3.05) is 5.32 Å². The highest BCUT2D eigenvalue weighted by Gasteiger charge is 2.18. The fraction of sp³-hybridized carbons (Fsp3) is 0.190. The number of aryl methyl sites for hydroxylation is 1. The molecular weight excluding hydrogens is 340 g/mol. The van der Waals surface area contributed by atoms with E-state index in [0.717, 1.165) is 22.5 Å². The lowest BCUT2D eigenvalue weighted by Gasteiger charge is -2.19. The first-order valence-corrected chi connectivity index (χ1v) is 8.92. The van der Waals surface area contributed by atoms with Crippen LogP contribution < -0.4 is 10.6 Å². The summed E-state index contributed by atoms with van der Waals surface area (Å²) in [6, 6.07) is 13.3. The van der Waals surface area contributed by atoms with Crippen LogP contribution in [0.2, 0.25) is 0 Å². The van der Waals surface area contributed by atoms with E-state index in [4.69, 9.17) is 0 Å². The van der Waals surface area contributed by atoms with Crippen molar-refractivity contribution in [2.45, 2.75) is 25.8 Å². The predicted octanol–water partition coefficient (Wildman–Crippen LogP) is 3.25. The molecule has 1 atom stereocenters. The Morgan fingerprint density at radius 3 is 2.74 bits per heavy atom. The number of nitrogens with zero attached hydrogens (tertiary/aromatic N) is 2. The molecular formula is C21H20N4O2. The SMILES string of the molecule is CC(NC(=O)c1ccc2c(c1)CCC(=O)N2)c1ccc(-n2ccnc2)cc1.